The predicted molar refractivity (Wildman–Crippen MR) is 77.6 cm³/mol. The van der Waals surface area contributed by atoms with E-state index in [-0.39, 0.29) is 5.69 Å². The number of thioether (sulfide) groups is 1. The molecule has 9 heteroatoms. The minimum atomic E-state index is -3.68. The topological polar surface area (TPSA) is 81.1 Å². The van der Waals surface area contributed by atoms with Crippen molar-refractivity contribution in [1.29, 1.82) is 0 Å². The first kappa shape index (κ1) is 15.5. The van der Waals surface area contributed by atoms with Crippen LogP contribution >= 0.6 is 11.8 Å². The highest BCUT2D eigenvalue weighted by Crippen LogP contribution is 2.22. The molecule has 0 aliphatic carbocycles. The number of rotatable bonds is 4. The second-order valence-electron chi connectivity index (χ2n) is 4.15. The van der Waals surface area contributed by atoms with Crippen molar-refractivity contribution in [2.45, 2.75) is 5.16 Å². The first-order valence-corrected chi connectivity index (χ1v) is 8.83. The third kappa shape index (κ3) is 3.61. The average molecular weight is 329 g/mol. The van der Waals surface area contributed by atoms with E-state index in [1.165, 1.54) is 46.8 Å². The third-order valence-corrected chi connectivity index (χ3v) is 3.72. The Bertz CT molecular complexity index is 770. The number of carbonyl (C=O) groups is 1. The molecule has 1 aromatic heterocycles. The molecule has 21 heavy (non-hydrogen) atoms. The van der Waals surface area contributed by atoms with Gasteiger partial charge >= 0.3 is 0 Å². The molecule has 1 heterocycles. The largest absolute Gasteiger partial charge is 0.283 e. The maximum atomic E-state index is 13.0. The van der Waals surface area contributed by atoms with Crippen molar-refractivity contribution < 1.29 is 17.6 Å². The molecule has 0 atom stereocenters. The molecule has 0 fully saturated rings. The molecule has 1 amide bonds. The molecule has 1 N–H and O–H groups in total. The monoisotopic (exact) mass is 329 g/mol. The lowest BCUT2D eigenvalue weighted by molar-refractivity contribution is 0.0974. The molecule has 0 unspecified atom stereocenters. The van der Waals surface area contributed by atoms with Gasteiger partial charge in [-0.2, -0.15) is 0 Å². The van der Waals surface area contributed by atoms with Crippen LogP contribution in [0.15, 0.2) is 35.6 Å². The van der Waals surface area contributed by atoms with Crippen LogP contribution in [0.3, 0.4) is 0 Å². The molecule has 1 aromatic carbocycles. The van der Waals surface area contributed by atoms with Crippen LogP contribution in [0.25, 0.3) is 5.69 Å². The summed E-state index contributed by atoms with van der Waals surface area (Å²) < 4.78 is 38.7. The SMILES string of the molecule is CSc1ncc(C(=O)NS(C)(=O)=O)n1-c1ccc(F)cc1. The Morgan fingerprint density at radius 3 is 2.48 bits per heavy atom. The van der Waals surface area contributed by atoms with E-state index in [0.717, 1.165) is 6.26 Å². The first-order valence-electron chi connectivity index (χ1n) is 5.71. The standard InChI is InChI=1S/C12H12FN3O3S2/c1-20-12-14-7-10(11(17)15-21(2,18)19)16(12)9-5-3-8(13)4-6-9/h3-7H,1-2H3,(H,15,17). The van der Waals surface area contributed by atoms with Gasteiger partial charge in [-0.1, -0.05) is 11.8 Å². The smallest absolute Gasteiger partial charge is 0.283 e. The zero-order valence-electron chi connectivity index (χ0n) is 11.2. The number of imidazole rings is 1. The Morgan fingerprint density at radius 1 is 1.33 bits per heavy atom. The number of halogens is 1. The van der Waals surface area contributed by atoms with Gasteiger partial charge in [0.15, 0.2) is 5.16 Å². The van der Waals surface area contributed by atoms with Crippen LogP contribution in [-0.2, 0) is 10.0 Å². The van der Waals surface area contributed by atoms with Crippen LogP contribution in [-0.4, -0.2) is 36.4 Å². The summed E-state index contributed by atoms with van der Waals surface area (Å²) in [5.74, 6) is -1.21. The lowest BCUT2D eigenvalue weighted by atomic mass is 10.3. The number of amides is 1. The van der Waals surface area contributed by atoms with Crippen molar-refractivity contribution in [2.24, 2.45) is 0 Å². The number of aromatic nitrogens is 2. The van der Waals surface area contributed by atoms with Gasteiger partial charge in [0.2, 0.25) is 10.0 Å². The Kier molecular flexibility index (Phi) is 4.33. The number of hydrogen-bond donors (Lipinski definition) is 1. The van der Waals surface area contributed by atoms with E-state index in [0.29, 0.717) is 10.8 Å². The van der Waals surface area contributed by atoms with Crippen LogP contribution in [0.4, 0.5) is 4.39 Å². The molecule has 0 aliphatic heterocycles. The third-order valence-electron chi connectivity index (χ3n) is 2.51. The molecule has 0 saturated heterocycles. The van der Waals surface area contributed by atoms with Gasteiger partial charge in [0.1, 0.15) is 11.5 Å². The van der Waals surface area contributed by atoms with E-state index in [1.807, 2.05) is 4.72 Å². The summed E-state index contributed by atoms with van der Waals surface area (Å²) in [6.45, 7) is 0. The minimum Gasteiger partial charge on any atom is -0.283 e. The second-order valence-corrected chi connectivity index (χ2v) is 6.67. The van der Waals surface area contributed by atoms with Gasteiger partial charge in [0, 0.05) is 5.69 Å². The number of sulfonamides is 1. The number of carbonyl (C=O) groups excluding carboxylic acids is 1. The van der Waals surface area contributed by atoms with Crippen molar-refractivity contribution in [1.82, 2.24) is 14.3 Å². The molecule has 112 valence electrons. The molecular weight excluding hydrogens is 317 g/mol. The molecule has 0 saturated carbocycles. The number of hydrogen-bond acceptors (Lipinski definition) is 5. The van der Waals surface area contributed by atoms with Gasteiger partial charge in [-0.3, -0.25) is 9.36 Å². The molecule has 0 bridgehead atoms. The summed E-state index contributed by atoms with van der Waals surface area (Å²) in [5.41, 5.74) is 0.563. The zero-order valence-corrected chi connectivity index (χ0v) is 12.8. The summed E-state index contributed by atoms with van der Waals surface area (Å²) in [7, 11) is -3.68. The molecule has 2 aromatic rings. The normalized spacial score (nSPS) is 11.4. The average Bonchev–Trinajstić information content (AvgIpc) is 2.81. The van der Waals surface area contributed by atoms with E-state index < -0.39 is 21.7 Å². The molecule has 0 radical (unpaired) electrons. The Labute approximate surface area is 125 Å². The van der Waals surface area contributed by atoms with Gasteiger partial charge < -0.3 is 0 Å². The highest BCUT2D eigenvalue weighted by molar-refractivity contribution is 7.98. The van der Waals surface area contributed by atoms with E-state index in [1.54, 1.807) is 6.26 Å². The Morgan fingerprint density at radius 2 is 1.95 bits per heavy atom. The van der Waals surface area contributed by atoms with Crippen LogP contribution in [0.2, 0.25) is 0 Å². The predicted octanol–water partition coefficient (Wildman–Crippen LogP) is 1.42. The first-order chi connectivity index (χ1) is 9.81. The summed E-state index contributed by atoms with van der Waals surface area (Å²) in [6.07, 6.45) is 3.93. The lowest BCUT2D eigenvalue weighted by Crippen LogP contribution is -2.30. The van der Waals surface area contributed by atoms with E-state index in [9.17, 15) is 17.6 Å². The van der Waals surface area contributed by atoms with E-state index in [2.05, 4.69) is 4.98 Å². The zero-order chi connectivity index (χ0) is 15.6. The van der Waals surface area contributed by atoms with Gasteiger partial charge in [0.05, 0.1) is 12.5 Å². The van der Waals surface area contributed by atoms with Crippen LogP contribution < -0.4 is 4.72 Å². The molecule has 2 rings (SSSR count). The van der Waals surface area contributed by atoms with Crippen molar-refractivity contribution in [3.05, 3.63) is 42.0 Å². The maximum Gasteiger partial charge on any atom is 0.283 e. The fourth-order valence-corrected chi connectivity index (χ4v) is 2.69. The van der Waals surface area contributed by atoms with Crippen molar-refractivity contribution in [2.75, 3.05) is 12.5 Å². The highest BCUT2D eigenvalue weighted by Gasteiger charge is 2.20. The number of benzene rings is 1. The van der Waals surface area contributed by atoms with Crippen molar-refractivity contribution in [3.8, 4) is 5.69 Å². The van der Waals surface area contributed by atoms with Crippen LogP contribution in [0.1, 0.15) is 10.5 Å². The molecule has 0 spiro atoms. The summed E-state index contributed by atoms with van der Waals surface area (Å²) in [5, 5.41) is 0.486. The molecule has 0 aliphatic rings. The van der Waals surface area contributed by atoms with Crippen molar-refractivity contribution in [3.63, 3.8) is 0 Å². The van der Waals surface area contributed by atoms with E-state index >= 15 is 0 Å². The molecular formula is C12H12FN3O3S2. The summed E-state index contributed by atoms with van der Waals surface area (Å²) >= 11 is 1.28. The fourth-order valence-electron chi connectivity index (χ4n) is 1.70. The number of nitrogens with zero attached hydrogens (tertiary/aromatic N) is 2. The van der Waals surface area contributed by atoms with Gasteiger partial charge in [-0.25, -0.2) is 22.5 Å². The van der Waals surface area contributed by atoms with Crippen LogP contribution in [0.5, 0.6) is 0 Å². The minimum absolute atomic E-state index is 0.0522. The quantitative estimate of drug-likeness (QED) is 0.858. The summed E-state index contributed by atoms with van der Waals surface area (Å²) in [4.78, 5) is 16.1. The molecule has 6 nitrogen and oxygen atoms in total. The Balaban J connectivity index is 2.51. The summed E-state index contributed by atoms with van der Waals surface area (Å²) in [6, 6.07) is 5.46. The van der Waals surface area contributed by atoms with E-state index in [4.69, 9.17) is 0 Å². The van der Waals surface area contributed by atoms with Crippen LogP contribution in [0, 0.1) is 5.82 Å². The maximum absolute atomic E-state index is 13.0. The number of nitrogens with one attached hydrogen (secondary N) is 1. The van der Waals surface area contributed by atoms with Gasteiger partial charge in [-0.15, -0.1) is 0 Å². The fraction of sp³-hybridized carbons (Fsp3) is 0.167. The lowest BCUT2D eigenvalue weighted by Gasteiger charge is -2.10. The van der Waals surface area contributed by atoms with Gasteiger partial charge in [-0.05, 0) is 30.5 Å². The second kappa shape index (κ2) is 5.86. The van der Waals surface area contributed by atoms with Crippen molar-refractivity contribution >= 4 is 27.7 Å². The Hall–Kier alpha value is -1.87. The van der Waals surface area contributed by atoms with Gasteiger partial charge in [0.25, 0.3) is 5.91 Å². The highest BCUT2D eigenvalue weighted by atomic mass is 32.2.